The molecule has 52 heavy (non-hydrogen) atoms. The van der Waals surface area contributed by atoms with E-state index in [9.17, 15) is 0 Å². The van der Waals surface area contributed by atoms with E-state index < -0.39 is 5.41 Å². The lowest BCUT2D eigenvalue weighted by molar-refractivity contribution is 0.776. The Morgan fingerprint density at radius 2 is 1.04 bits per heavy atom. The first-order chi connectivity index (χ1) is 25.8. The second-order valence-corrected chi connectivity index (χ2v) is 15.2. The molecule has 0 radical (unpaired) electrons. The van der Waals surface area contributed by atoms with Gasteiger partial charge in [-0.25, -0.2) is 0 Å². The van der Waals surface area contributed by atoms with Gasteiger partial charge in [0.2, 0.25) is 0 Å². The molecule has 0 bridgehead atoms. The van der Waals surface area contributed by atoms with Crippen molar-refractivity contribution in [3.05, 3.63) is 216 Å². The van der Waals surface area contributed by atoms with E-state index in [1.54, 1.807) is 0 Å². The van der Waals surface area contributed by atoms with Crippen molar-refractivity contribution in [2.75, 3.05) is 5.32 Å². The zero-order valence-corrected chi connectivity index (χ0v) is 29.2. The third kappa shape index (κ3) is 4.25. The van der Waals surface area contributed by atoms with Crippen molar-refractivity contribution in [3.8, 4) is 22.3 Å². The highest BCUT2D eigenvalue weighted by atomic mass is 32.2. The molecular formula is C50H33NS. The first-order valence-electron chi connectivity index (χ1n) is 18.0. The summed E-state index contributed by atoms with van der Waals surface area (Å²) < 4.78 is 0. The quantitative estimate of drug-likeness (QED) is 0.186. The minimum Gasteiger partial charge on any atom is -0.368 e. The highest BCUT2D eigenvalue weighted by molar-refractivity contribution is 8.00. The standard InChI is InChI=1S/C50H33NS/c1-4-13-35(14-5-1)49-51-45-29-26-34-22-20-33-21-23-36(30-43(33)46(34)48(45)52-49)37-25-27-41-42-28-24-32-12-10-11-19-40(32)47(42)50(44(41)31-37,38-15-6-2-7-16-38)39-17-8-3-9-18-39/h1-31,49,51H. The Bertz CT molecular complexity index is 2800. The monoisotopic (exact) mass is 679 g/mol. The van der Waals surface area contributed by atoms with Gasteiger partial charge in [0.05, 0.1) is 5.41 Å². The average molecular weight is 680 g/mol. The van der Waals surface area contributed by atoms with Crippen molar-refractivity contribution in [2.45, 2.75) is 15.7 Å². The van der Waals surface area contributed by atoms with Crippen LogP contribution < -0.4 is 5.32 Å². The first kappa shape index (κ1) is 29.6. The summed E-state index contributed by atoms with van der Waals surface area (Å²) in [6, 6.07) is 69.9. The third-order valence-corrected chi connectivity index (χ3v) is 12.6. The van der Waals surface area contributed by atoms with E-state index in [0.29, 0.717) is 0 Å². The Hall–Kier alpha value is -6.09. The van der Waals surface area contributed by atoms with Gasteiger partial charge in [-0.2, -0.15) is 0 Å². The smallest absolute Gasteiger partial charge is 0.103 e. The Balaban J connectivity index is 1.15. The largest absolute Gasteiger partial charge is 0.368 e. The van der Waals surface area contributed by atoms with Crippen molar-refractivity contribution >= 4 is 49.8 Å². The molecule has 9 aromatic rings. The molecule has 1 heterocycles. The molecule has 1 aliphatic heterocycles. The second kappa shape index (κ2) is 11.5. The predicted octanol–water partition coefficient (Wildman–Crippen LogP) is 13.4. The number of benzene rings is 9. The molecule has 0 spiro atoms. The number of rotatable bonds is 4. The first-order valence-corrected chi connectivity index (χ1v) is 18.9. The normalized spacial score (nSPS) is 15.3. The van der Waals surface area contributed by atoms with Crippen molar-refractivity contribution in [2.24, 2.45) is 0 Å². The number of fused-ring (bicyclic) bond motifs is 10. The summed E-state index contributed by atoms with van der Waals surface area (Å²) in [6.07, 6.45) is 0. The van der Waals surface area contributed by atoms with E-state index in [1.807, 2.05) is 11.8 Å². The van der Waals surface area contributed by atoms with Crippen LogP contribution in [0.15, 0.2) is 193 Å². The minimum absolute atomic E-state index is 0.193. The number of hydrogen-bond donors (Lipinski definition) is 1. The van der Waals surface area contributed by atoms with Crippen molar-refractivity contribution in [3.63, 3.8) is 0 Å². The van der Waals surface area contributed by atoms with Gasteiger partial charge in [-0.15, -0.1) is 0 Å². The Labute approximate surface area is 307 Å². The summed E-state index contributed by atoms with van der Waals surface area (Å²) in [5.74, 6) is 0. The summed E-state index contributed by atoms with van der Waals surface area (Å²) in [5, 5.41) is 11.7. The van der Waals surface area contributed by atoms with E-state index in [4.69, 9.17) is 0 Å². The van der Waals surface area contributed by atoms with E-state index in [1.165, 1.54) is 93.0 Å². The molecule has 0 saturated heterocycles. The van der Waals surface area contributed by atoms with Crippen molar-refractivity contribution in [1.29, 1.82) is 0 Å². The zero-order chi connectivity index (χ0) is 34.2. The van der Waals surface area contributed by atoms with Crippen molar-refractivity contribution < 1.29 is 0 Å². The topological polar surface area (TPSA) is 12.0 Å². The predicted molar refractivity (Wildman–Crippen MR) is 220 cm³/mol. The lowest BCUT2D eigenvalue weighted by atomic mass is 9.66. The molecule has 244 valence electrons. The Kier molecular flexibility index (Phi) is 6.53. The molecule has 1 unspecified atom stereocenters. The Morgan fingerprint density at radius 3 is 1.83 bits per heavy atom. The molecule has 1 nitrogen and oxygen atoms in total. The maximum absolute atomic E-state index is 3.81. The SMILES string of the molecule is c1ccc(C2Nc3ccc4ccc5ccc(-c6ccc7c(c6)C(c6ccccc6)(c6ccccc6)c6c-7ccc7ccccc67)cc5c4c3S2)cc1. The van der Waals surface area contributed by atoms with Gasteiger partial charge in [0.25, 0.3) is 0 Å². The lowest BCUT2D eigenvalue weighted by Gasteiger charge is -2.35. The molecule has 1 aliphatic carbocycles. The van der Waals surface area contributed by atoms with Gasteiger partial charge in [-0.05, 0) is 95.2 Å². The fraction of sp³-hybridized carbons (Fsp3) is 0.0400. The summed E-state index contributed by atoms with van der Waals surface area (Å²) >= 11 is 1.93. The summed E-state index contributed by atoms with van der Waals surface area (Å²) in [5.41, 5.74) is 12.4. The molecule has 2 heteroatoms. The zero-order valence-electron chi connectivity index (χ0n) is 28.4. The summed E-state index contributed by atoms with van der Waals surface area (Å²) in [7, 11) is 0. The van der Waals surface area contributed by atoms with E-state index >= 15 is 0 Å². The lowest BCUT2D eigenvalue weighted by Crippen LogP contribution is -2.28. The molecule has 9 aromatic carbocycles. The van der Waals surface area contributed by atoms with E-state index in [0.717, 1.165) is 0 Å². The van der Waals surface area contributed by atoms with Gasteiger partial charge in [0.15, 0.2) is 0 Å². The maximum atomic E-state index is 3.81. The van der Waals surface area contributed by atoms with Crippen LogP contribution >= 0.6 is 11.8 Å². The number of hydrogen-bond acceptors (Lipinski definition) is 2. The van der Waals surface area contributed by atoms with Gasteiger partial charge >= 0.3 is 0 Å². The molecule has 0 saturated carbocycles. The van der Waals surface area contributed by atoms with Crippen LogP contribution in [0.5, 0.6) is 0 Å². The molecule has 1 N–H and O–H groups in total. The Morgan fingerprint density at radius 1 is 0.462 bits per heavy atom. The van der Waals surface area contributed by atoms with Crippen LogP contribution in [0, 0.1) is 0 Å². The average Bonchev–Trinajstić information content (AvgIpc) is 3.80. The van der Waals surface area contributed by atoms with E-state index in [-0.39, 0.29) is 5.37 Å². The number of anilines is 1. The van der Waals surface area contributed by atoms with E-state index in [2.05, 4.69) is 193 Å². The molecule has 2 aliphatic rings. The van der Waals surface area contributed by atoms with Crippen LogP contribution in [0.3, 0.4) is 0 Å². The van der Waals surface area contributed by atoms with Crippen molar-refractivity contribution in [1.82, 2.24) is 0 Å². The fourth-order valence-electron chi connectivity index (χ4n) is 9.04. The van der Waals surface area contributed by atoms with Crippen LogP contribution in [0.4, 0.5) is 5.69 Å². The maximum Gasteiger partial charge on any atom is 0.103 e. The second-order valence-electron chi connectivity index (χ2n) is 14.0. The van der Waals surface area contributed by atoms with Gasteiger partial charge in [-0.3, -0.25) is 0 Å². The number of nitrogens with one attached hydrogen (secondary N) is 1. The van der Waals surface area contributed by atoms with Crippen LogP contribution in [-0.2, 0) is 5.41 Å². The molecule has 1 atom stereocenters. The van der Waals surface area contributed by atoms with Gasteiger partial charge in [0.1, 0.15) is 5.37 Å². The molecule has 0 amide bonds. The van der Waals surface area contributed by atoms with Gasteiger partial charge < -0.3 is 5.32 Å². The summed E-state index contributed by atoms with van der Waals surface area (Å²) in [6.45, 7) is 0. The molecule has 11 rings (SSSR count). The van der Waals surface area contributed by atoms with Crippen LogP contribution in [0.1, 0.15) is 33.2 Å². The van der Waals surface area contributed by atoms with Crippen LogP contribution in [0.25, 0.3) is 54.6 Å². The van der Waals surface area contributed by atoms with Crippen LogP contribution in [-0.4, -0.2) is 0 Å². The molecule has 0 fully saturated rings. The summed E-state index contributed by atoms with van der Waals surface area (Å²) in [4.78, 5) is 1.33. The third-order valence-electron chi connectivity index (χ3n) is 11.3. The van der Waals surface area contributed by atoms with Crippen LogP contribution in [0.2, 0.25) is 0 Å². The molecular weight excluding hydrogens is 647 g/mol. The highest BCUT2D eigenvalue weighted by Crippen LogP contribution is 2.59. The van der Waals surface area contributed by atoms with Gasteiger partial charge in [-0.1, -0.05) is 182 Å². The number of thioether (sulfide) groups is 1. The minimum atomic E-state index is -0.483. The highest BCUT2D eigenvalue weighted by Gasteiger charge is 2.47. The fourth-order valence-corrected chi connectivity index (χ4v) is 10.4. The van der Waals surface area contributed by atoms with Gasteiger partial charge in [0, 0.05) is 16.0 Å². The molecule has 0 aromatic heterocycles.